The van der Waals surface area contributed by atoms with Crippen molar-refractivity contribution >= 4 is 29.4 Å². The van der Waals surface area contributed by atoms with Crippen LogP contribution in [0.4, 0.5) is 4.79 Å². The highest BCUT2D eigenvalue weighted by Gasteiger charge is 2.43. The van der Waals surface area contributed by atoms with Gasteiger partial charge in [-0.15, -0.1) is 0 Å². The fourth-order valence-electron chi connectivity index (χ4n) is 4.76. The van der Waals surface area contributed by atoms with Crippen molar-refractivity contribution in [3.63, 3.8) is 0 Å². The van der Waals surface area contributed by atoms with Gasteiger partial charge in [-0.2, -0.15) is 0 Å². The molecular weight excluding hydrogens is 474 g/mol. The van der Waals surface area contributed by atoms with Crippen LogP contribution >= 0.6 is 0 Å². The highest BCUT2D eigenvalue weighted by molar-refractivity contribution is 5.96. The lowest BCUT2D eigenvalue weighted by Gasteiger charge is -2.36. The Morgan fingerprint density at radius 1 is 0.919 bits per heavy atom. The van der Waals surface area contributed by atoms with Crippen LogP contribution in [0.3, 0.4) is 0 Å². The second-order valence-corrected chi connectivity index (χ2v) is 12.4. The zero-order valence-electron chi connectivity index (χ0n) is 23.2. The van der Waals surface area contributed by atoms with E-state index in [-0.39, 0.29) is 35.2 Å². The Kier molecular flexibility index (Phi) is 9.37. The number of hydrogen-bond acceptors (Lipinski definition) is 6. The minimum atomic E-state index is -0.898. The quantitative estimate of drug-likeness (QED) is 0.309. The van der Waals surface area contributed by atoms with E-state index in [0.29, 0.717) is 32.0 Å². The second kappa shape index (κ2) is 11.9. The number of carbonyl (C=O) groups excluding carboxylic acids is 5. The Bertz CT molecular complexity index is 890. The maximum atomic E-state index is 13.7. The van der Waals surface area contributed by atoms with Crippen LogP contribution in [0.15, 0.2) is 0 Å². The molecule has 0 aromatic rings. The number of rotatable bonds is 12. The minimum absolute atomic E-state index is 0.00918. The Morgan fingerprint density at radius 3 is 2.08 bits per heavy atom. The fraction of sp³-hybridized carbons (Fsp3) is 0.815. The highest BCUT2D eigenvalue weighted by Crippen LogP contribution is 2.32. The normalized spacial score (nSPS) is 22.2. The molecule has 1 aliphatic heterocycles. The predicted molar refractivity (Wildman–Crippen MR) is 140 cm³/mol. The summed E-state index contributed by atoms with van der Waals surface area (Å²) in [7, 11) is 0. The van der Waals surface area contributed by atoms with Crippen molar-refractivity contribution < 1.29 is 24.0 Å². The topological polar surface area (TPSA) is 137 Å². The molecule has 4 unspecified atom stereocenters. The molecule has 1 saturated heterocycles. The maximum Gasteiger partial charge on any atom is 0.316 e. The molecule has 4 atom stereocenters. The summed E-state index contributed by atoms with van der Waals surface area (Å²) in [5.41, 5.74) is -0.637. The zero-order chi connectivity index (χ0) is 27.5. The summed E-state index contributed by atoms with van der Waals surface area (Å²) >= 11 is 0. The van der Waals surface area contributed by atoms with Crippen molar-refractivity contribution in [3.8, 4) is 0 Å². The van der Waals surface area contributed by atoms with E-state index in [1.165, 1.54) is 11.8 Å². The molecule has 3 rings (SSSR count). The summed E-state index contributed by atoms with van der Waals surface area (Å²) in [4.78, 5) is 66.2. The first-order chi connectivity index (χ1) is 17.3. The maximum absolute atomic E-state index is 13.7. The largest absolute Gasteiger partial charge is 0.343 e. The van der Waals surface area contributed by atoms with Crippen LogP contribution in [-0.2, 0) is 19.2 Å². The second-order valence-electron chi connectivity index (χ2n) is 12.4. The fourth-order valence-corrected chi connectivity index (χ4v) is 4.76. The number of Topliss-reactive ketones (excluding diaryl/α,β-unsaturated/α-hetero) is 2. The van der Waals surface area contributed by atoms with Crippen LogP contribution in [0.1, 0.15) is 80.1 Å². The molecule has 4 N–H and O–H groups in total. The molecule has 0 bridgehead atoms. The van der Waals surface area contributed by atoms with Crippen molar-refractivity contribution in [3.05, 3.63) is 0 Å². The number of likely N-dealkylation sites (tertiary alicyclic amines) is 1. The van der Waals surface area contributed by atoms with Gasteiger partial charge in [-0.25, -0.2) is 4.79 Å². The number of urea groups is 1. The Hall–Kier alpha value is -2.49. The Labute approximate surface area is 220 Å². The molecule has 2 aliphatic carbocycles. The van der Waals surface area contributed by atoms with Gasteiger partial charge in [-0.05, 0) is 56.8 Å². The average molecular weight is 520 g/mol. The lowest BCUT2D eigenvalue weighted by molar-refractivity contribution is -0.142. The zero-order valence-corrected chi connectivity index (χ0v) is 23.2. The number of ketones is 2. The molecule has 1 heterocycles. The van der Waals surface area contributed by atoms with Crippen molar-refractivity contribution in [2.24, 2.45) is 17.3 Å². The molecular formula is C27H45N5O5. The van der Waals surface area contributed by atoms with E-state index in [9.17, 15) is 24.0 Å². The molecule has 3 aliphatic rings. The average Bonchev–Trinajstić information content (AvgIpc) is 3.74. The van der Waals surface area contributed by atoms with Crippen LogP contribution < -0.4 is 21.3 Å². The third-order valence-electron chi connectivity index (χ3n) is 7.46. The molecule has 4 amide bonds. The summed E-state index contributed by atoms with van der Waals surface area (Å²) in [6.45, 7) is 11.6. The number of hydrogen-bond donors (Lipinski definition) is 4. The molecule has 0 aromatic heterocycles. The summed E-state index contributed by atoms with van der Waals surface area (Å²) < 4.78 is 0. The van der Waals surface area contributed by atoms with Gasteiger partial charge < -0.3 is 26.2 Å². The van der Waals surface area contributed by atoms with Gasteiger partial charge in [0.25, 0.3) is 0 Å². The van der Waals surface area contributed by atoms with E-state index < -0.39 is 35.6 Å². The van der Waals surface area contributed by atoms with E-state index in [1.807, 2.05) is 34.6 Å². The number of amides is 4. The predicted octanol–water partition coefficient (Wildman–Crippen LogP) is 1.52. The first kappa shape index (κ1) is 29.1. The van der Waals surface area contributed by atoms with E-state index in [4.69, 9.17) is 0 Å². The molecule has 37 heavy (non-hydrogen) atoms. The molecule has 10 nitrogen and oxygen atoms in total. The van der Waals surface area contributed by atoms with Gasteiger partial charge in [0.15, 0.2) is 11.6 Å². The van der Waals surface area contributed by atoms with E-state index in [0.717, 1.165) is 25.7 Å². The van der Waals surface area contributed by atoms with Crippen LogP contribution in [0.25, 0.3) is 0 Å². The molecule has 2 saturated carbocycles. The van der Waals surface area contributed by atoms with Crippen LogP contribution in [-0.4, -0.2) is 77.6 Å². The standard InChI is InChI=1S/C27H45N5O5/c1-15(2)21(22(34)17-9-10-17)30-26(37)31-23(27(4,5)6)25(36)32-13-7-8-20(32)24(35)29-19(16(3)33)14-28-18-11-12-18/h15,17-21,23,28H,7-14H2,1-6H3,(H,29,35)(H2,30,31,37). The van der Waals surface area contributed by atoms with Crippen LogP contribution in [0, 0.1) is 17.3 Å². The molecule has 208 valence electrons. The van der Waals surface area contributed by atoms with Crippen molar-refractivity contribution in [1.29, 1.82) is 0 Å². The third-order valence-corrected chi connectivity index (χ3v) is 7.46. The van der Waals surface area contributed by atoms with Gasteiger partial charge in [0.05, 0.1) is 12.1 Å². The summed E-state index contributed by atoms with van der Waals surface area (Å²) in [5, 5.41) is 11.7. The SMILES string of the molecule is CC(=O)C(CNC1CC1)NC(=O)C1CCCN1C(=O)C(NC(=O)NC(C(=O)C1CC1)C(C)C)C(C)(C)C. The Morgan fingerprint density at radius 2 is 1.57 bits per heavy atom. The molecule has 10 heteroatoms. The first-order valence-electron chi connectivity index (χ1n) is 13.7. The monoisotopic (exact) mass is 519 g/mol. The minimum Gasteiger partial charge on any atom is -0.343 e. The molecule has 0 radical (unpaired) electrons. The lowest BCUT2D eigenvalue weighted by Crippen LogP contribution is -2.61. The van der Waals surface area contributed by atoms with Crippen molar-refractivity contribution in [1.82, 2.24) is 26.2 Å². The highest BCUT2D eigenvalue weighted by atomic mass is 16.2. The molecule has 3 fully saturated rings. The smallest absolute Gasteiger partial charge is 0.316 e. The summed E-state index contributed by atoms with van der Waals surface area (Å²) in [6, 6.07) is -3.02. The molecule has 0 spiro atoms. The van der Waals surface area contributed by atoms with E-state index >= 15 is 0 Å². The van der Waals surface area contributed by atoms with Gasteiger partial charge in [0, 0.05) is 25.0 Å². The number of nitrogens with zero attached hydrogens (tertiary/aromatic N) is 1. The van der Waals surface area contributed by atoms with Crippen molar-refractivity contribution in [2.45, 2.75) is 110 Å². The van der Waals surface area contributed by atoms with E-state index in [2.05, 4.69) is 21.3 Å². The van der Waals surface area contributed by atoms with Crippen LogP contribution in [0.2, 0.25) is 0 Å². The third kappa shape index (κ3) is 7.99. The lowest BCUT2D eigenvalue weighted by atomic mass is 9.85. The summed E-state index contributed by atoms with van der Waals surface area (Å²) in [6.07, 6.45) is 5.01. The molecule has 0 aromatic carbocycles. The first-order valence-corrected chi connectivity index (χ1v) is 13.7. The number of carbonyl (C=O) groups is 5. The van der Waals surface area contributed by atoms with Gasteiger partial charge in [-0.1, -0.05) is 34.6 Å². The van der Waals surface area contributed by atoms with Gasteiger partial charge in [-0.3, -0.25) is 19.2 Å². The summed E-state index contributed by atoms with van der Waals surface area (Å²) in [5.74, 6) is -0.853. The van der Waals surface area contributed by atoms with E-state index in [1.54, 1.807) is 0 Å². The Balaban J connectivity index is 1.66. The van der Waals surface area contributed by atoms with Gasteiger partial charge in [0.2, 0.25) is 11.8 Å². The van der Waals surface area contributed by atoms with Crippen molar-refractivity contribution in [2.75, 3.05) is 13.1 Å². The van der Waals surface area contributed by atoms with Crippen LogP contribution in [0.5, 0.6) is 0 Å². The number of nitrogens with one attached hydrogen (secondary N) is 4. The van der Waals surface area contributed by atoms with Gasteiger partial charge in [0.1, 0.15) is 12.1 Å². The van der Waals surface area contributed by atoms with Gasteiger partial charge >= 0.3 is 6.03 Å².